The summed E-state index contributed by atoms with van der Waals surface area (Å²) in [6, 6.07) is 6.15. The van der Waals surface area contributed by atoms with Gasteiger partial charge in [-0.2, -0.15) is 0 Å². The Bertz CT molecular complexity index is 496. The fraction of sp³-hybridized carbons (Fsp3) is 0.500. The second kappa shape index (κ2) is 3.90. The van der Waals surface area contributed by atoms with Crippen LogP contribution >= 0.6 is 0 Å². The summed E-state index contributed by atoms with van der Waals surface area (Å²) in [6.45, 7) is 5.39. The van der Waals surface area contributed by atoms with E-state index in [1.54, 1.807) is 0 Å². The number of nitrogens with one attached hydrogen (secondary N) is 1. The molecule has 0 aliphatic carbocycles. The lowest BCUT2D eigenvalue weighted by atomic mass is 9.80. The van der Waals surface area contributed by atoms with E-state index in [9.17, 15) is 4.79 Å². The number of hydrogen-bond donors (Lipinski definition) is 1. The molecule has 1 amide bonds. The standard InChI is InChI=1S/C14H17NO3/c1-14(2)8-18-13(16)15-12(14)10-3-4-11-9(7-10)5-6-17-11/h3-4,7,12H,5-6,8H2,1-2H3,(H,15,16)/t12-/m1/s1. The Morgan fingerprint density at radius 3 is 3.00 bits per heavy atom. The van der Waals surface area contributed by atoms with Gasteiger partial charge in [0.15, 0.2) is 0 Å². The minimum absolute atomic E-state index is 0.00958. The molecule has 18 heavy (non-hydrogen) atoms. The van der Waals surface area contributed by atoms with Crippen LogP contribution in [0.3, 0.4) is 0 Å². The van der Waals surface area contributed by atoms with Gasteiger partial charge in [-0.1, -0.05) is 19.9 Å². The number of amides is 1. The molecule has 1 saturated heterocycles. The second-order valence-corrected chi connectivity index (χ2v) is 5.61. The summed E-state index contributed by atoms with van der Waals surface area (Å²) in [5.74, 6) is 0.968. The van der Waals surface area contributed by atoms with Crippen molar-refractivity contribution in [3.8, 4) is 5.75 Å². The Labute approximate surface area is 106 Å². The second-order valence-electron chi connectivity index (χ2n) is 5.61. The van der Waals surface area contributed by atoms with Crippen LogP contribution in [-0.2, 0) is 11.2 Å². The molecule has 4 heteroatoms. The molecule has 0 saturated carbocycles. The van der Waals surface area contributed by atoms with E-state index in [4.69, 9.17) is 9.47 Å². The molecule has 1 fully saturated rings. The number of fused-ring (bicyclic) bond motifs is 1. The van der Waals surface area contributed by atoms with Crippen LogP contribution in [0.5, 0.6) is 5.75 Å². The third-order valence-electron chi connectivity index (χ3n) is 3.67. The predicted octanol–water partition coefficient (Wildman–Crippen LogP) is 2.43. The lowest BCUT2D eigenvalue weighted by Crippen LogP contribution is -2.46. The zero-order chi connectivity index (χ0) is 12.8. The monoisotopic (exact) mass is 247 g/mol. The van der Waals surface area contributed by atoms with Crippen molar-refractivity contribution in [2.45, 2.75) is 26.3 Å². The minimum atomic E-state index is -0.337. The van der Waals surface area contributed by atoms with Gasteiger partial charge in [0.05, 0.1) is 12.6 Å². The maximum atomic E-state index is 11.4. The summed E-state index contributed by atoms with van der Waals surface area (Å²) in [7, 11) is 0. The number of benzene rings is 1. The third kappa shape index (κ3) is 1.82. The summed E-state index contributed by atoms with van der Waals surface area (Å²) < 4.78 is 10.6. The molecule has 2 aliphatic heterocycles. The highest BCUT2D eigenvalue weighted by atomic mass is 16.6. The molecule has 1 N–H and O–H groups in total. The van der Waals surface area contributed by atoms with Crippen molar-refractivity contribution in [1.82, 2.24) is 5.32 Å². The zero-order valence-corrected chi connectivity index (χ0v) is 10.7. The number of carbonyl (C=O) groups is 1. The highest BCUT2D eigenvalue weighted by Crippen LogP contribution is 2.38. The first-order chi connectivity index (χ1) is 8.56. The van der Waals surface area contributed by atoms with Crippen LogP contribution < -0.4 is 10.1 Å². The predicted molar refractivity (Wildman–Crippen MR) is 66.6 cm³/mol. The minimum Gasteiger partial charge on any atom is -0.493 e. The molecule has 0 bridgehead atoms. The number of carbonyl (C=O) groups excluding carboxylic acids is 1. The van der Waals surface area contributed by atoms with Gasteiger partial charge >= 0.3 is 6.09 Å². The van der Waals surface area contributed by atoms with Gasteiger partial charge < -0.3 is 14.8 Å². The molecule has 4 nitrogen and oxygen atoms in total. The number of hydrogen-bond acceptors (Lipinski definition) is 3. The Morgan fingerprint density at radius 1 is 1.33 bits per heavy atom. The van der Waals surface area contributed by atoms with Gasteiger partial charge in [0, 0.05) is 11.8 Å². The van der Waals surface area contributed by atoms with Crippen molar-refractivity contribution in [1.29, 1.82) is 0 Å². The van der Waals surface area contributed by atoms with Crippen molar-refractivity contribution < 1.29 is 14.3 Å². The number of ether oxygens (including phenoxy) is 2. The molecule has 0 aromatic heterocycles. The Balaban J connectivity index is 1.95. The highest BCUT2D eigenvalue weighted by molar-refractivity contribution is 5.69. The molecule has 2 heterocycles. The van der Waals surface area contributed by atoms with Crippen LogP contribution in [-0.4, -0.2) is 19.3 Å². The van der Waals surface area contributed by atoms with Crippen LogP contribution in [0.2, 0.25) is 0 Å². The maximum Gasteiger partial charge on any atom is 0.407 e. The molecule has 0 unspecified atom stereocenters. The van der Waals surface area contributed by atoms with E-state index in [-0.39, 0.29) is 17.6 Å². The van der Waals surface area contributed by atoms with E-state index >= 15 is 0 Å². The number of alkyl carbamates (subject to hydrolysis) is 1. The van der Waals surface area contributed by atoms with E-state index in [2.05, 4.69) is 25.2 Å². The lowest BCUT2D eigenvalue weighted by Gasteiger charge is -2.38. The molecule has 1 atom stereocenters. The fourth-order valence-electron chi connectivity index (χ4n) is 2.61. The number of cyclic esters (lactones) is 1. The summed E-state index contributed by atoms with van der Waals surface area (Å²) in [5.41, 5.74) is 2.24. The molecule has 0 spiro atoms. The first-order valence-electron chi connectivity index (χ1n) is 6.25. The van der Waals surface area contributed by atoms with E-state index in [1.165, 1.54) is 5.56 Å². The molecule has 1 aromatic rings. The van der Waals surface area contributed by atoms with E-state index < -0.39 is 0 Å². The Kier molecular flexibility index (Phi) is 2.47. The molecule has 96 valence electrons. The van der Waals surface area contributed by atoms with Gasteiger partial charge in [-0.05, 0) is 23.3 Å². The average Bonchev–Trinajstić information content (AvgIpc) is 2.79. The van der Waals surface area contributed by atoms with Crippen LogP contribution in [0.25, 0.3) is 0 Å². The maximum absolute atomic E-state index is 11.4. The van der Waals surface area contributed by atoms with E-state index in [1.807, 2.05) is 12.1 Å². The normalized spacial score (nSPS) is 24.8. The van der Waals surface area contributed by atoms with Crippen LogP contribution in [0.4, 0.5) is 4.79 Å². The van der Waals surface area contributed by atoms with Crippen molar-refractivity contribution in [2.24, 2.45) is 5.41 Å². The topological polar surface area (TPSA) is 47.6 Å². The molecular weight excluding hydrogens is 230 g/mol. The van der Waals surface area contributed by atoms with Crippen LogP contribution in [0, 0.1) is 5.41 Å². The first kappa shape index (κ1) is 11.4. The van der Waals surface area contributed by atoms with Gasteiger partial charge in [-0.3, -0.25) is 0 Å². The molecule has 1 aromatic carbocycles. The van der Waals surface area contributed by atoms with Gasteiger partial charge in [0.25, 0.3) is 0 Å². The van der Waals surface area contributed by atoms with Gasteiger partial charge in [0.2, 0.25) is 0 Å². The highest BCUT2D eigenvalue weighted by Gasteiger charge is 2.38. The fourth-order valence-corrected chi connectivity index (χ4v) is 2.61. The van der Waals surface area contributed by atoms with E-state index in [0.29, 0.717) is 6.61 Å². The lowest BCUT2D eigenvalue weighted by molar-refractivity contribution is 0.0387. The van der Waals surface area contributed by atoms with Crippen molar-refractivity contribution in [3.63, 3.8) is 0 Å². The molecule has 2 aliphatic rings. The average molecular weight is 247 g/mol. The van der Waals surface area contributed by atoms with Gasteiger partial charge in [-0.25, -0.2) is 4.79 Å². The summed E-state index contributed by atoms with van der Waals surface area (Å²) in [6.07, 6.45) is 0.608. The Hall–Kier alpha value is -1.71. The van der Waals surface area contributed by atoms with Crippen LogP contribution in [0.1, 0.15) is 31.0 Å². The molecule has 0 radical (unpaired) electrons. The summed E-state index contributed by atoms with van der Waals surface area (Å²) >= 11 is 0. The van der Waals surface area contributed by atoms with Gasteiger partial charge in [0.1, 0.15) is 12.4 Å². The molecular formula is C14H17NO3. The summed E-state index contributed by atoms with van der Waals surface area (Å²) in [5, 5.41) is 2.91. The van der Waals surface area contributed by atoms with Crippen molar-refractivity contribution >= 4 is 6.09 Å². The Morgan fingerprint density at radius 2 is 2.17 bits per heavy atom. The van der Waals surface area contributed by atoms with Crippen LogP contribution in [0.15, 0.2) is 18.2 Å². The number of rotatable bonds is 1. The zero-order valence-electron chi connectivity index (χ0n) is 10.7. The van der Waals surface area contributed by atoms with Crippen molar-refractivity contribution in [2.75, 3.05) is 13.2 Å². The van der Waals surface area contributed by atoms with Gasteiger partial charge in [-0.15, -0.1) is 0 Å². The molecule has 3 rings (SSSR count). The van der Waals surface area contributed by atoms with Crippen molar-refractivity contribution in [3.05, 3.63) is 29.3 Å². The first-order valence-corrected chi connectivity index (χ1v) is 6.25. The van der Waals surface area contributed by atoms with E-state index in [0.717, 1.165) is 24.3 Å². The smallest absolute Gasteiger partial charge is 0.407 e. The SMILES string of the molecule is CC1(C)COC(=O)N[C@@H]1c1ccc2c(c1)CCO2. The summed E-state index contributed by atoms with van der Waals surface area (Å²) in [4.78, 5) is 11.4. The largest absolute Gasteiger partial charge is 0.493 e. The third-order valence-corrected chi connectivity index (χ3v) is 3.67. The quantitative estimate of drug-likeness (QED) is 0.829.